The molecule has 4 aromatic rings. The highest BCUT2D eigenvalue weighted by Crippen LogP contribution is 2.24. The zero-order valence-corrected chi connectivity index (χ0v) is 19.5. The molecular formula is C26H24FN3O3S. The van der Waals surface area contributed by atoms with Gasteiger partial charge >= 0.3 is 0 Å². The number of methoxy groups -OCH3 is 1. The topological polar surface area (TPSA) is 73.2 Å². The standard InChI is InChI=1S/C26H24FN3O3S/c1-33-14-13-28-24(31)19-11-12-21-23(15-19)29-26(34-17-20-9-5-6-10-22(20)27)30(25(21)32)16-18-7-3-2-4-8-18/h2-12,15H,13-14,16-17H2,1H3,(H,28,31). The van der Waals surface area contributed by atoms with Crippen molar-refractivity contribution in [3.05, 3.63) is 106 Å². The minimum absolute atomic E-state index is 0.212. The van der Waals surface area contributed by atoms with E-state index in [2.05, 4.69) is 5.32 Å². The van der Waals surface area contributed by atoms with Crippen LogP contribution >= 0.6 is 11.8 Å². The van der Waals surface area contributed by atoms with E-state index in [1.165, 1.54) is 17.8 Å². The van der Waals surface area contributed by atoms with Crippen molar-refractivity contribution in [2.45, 2.75) is 17.5 Å². The normalized spacial score (nSPS) is 11.0. The molecule has 0 aliphatic carbocycles. The van der Waals surface area contributed by atoms with Crippen LogP contribution in [-0.2, 0) is 17.0 Å². The number of hydrogen-bond acceptors (Lipinski definition) is 5. The van der Waals surface area contributed by atoms with E-state index in [-0.39, 0.29) is 17.3 Å². The number of aromatic nitrogens is 2. The van der Waals surface area contributed by atoms with Gasteiger partial charge in [-0.3, -0.25) is 14.2 Å². The molecule has 4 rings (SSSR count). The Morgan fingerprint density at radius 3 is 2.62 bits per heavy atom. The van der Waals surface area contributed by atoms with E-state index in [0.717, 1.165) is 5.56 Å². The van der Waals surface area contributed by atoms with Crippen molar-refractivity contribution in [3.63, 3.8) is 0 Å². The first kappa shape index (κ1) is 23.7. The minimum atomic E-state index is -0.303. The van der Waals surface area contributed by atoms with E-state index in [0.29, 0.717) is 52.6 Å². The lowest BCUT2D eigenvalue weighted by Gasteiger charge is -2.14. The first-order valence-electron chi connectivity index (χ1n) is 10.8. The van der Waals surface area contributed by atoms with Gasteiger partial charge in [0.1, 0.15) is 5.82 Å². The molecule has 6 nitrogen and oxygen atoms in total. The van der Waals surface area contributed by atoms with Gasteiger partial charge in [0.2, 0.25) is 0 Å². The zero-order chi connectivity index (χ0) is 23.9. The molecule has 34 heavy (non-hydrogen) atoms. The third-order valence-corrected chi connectivity index (χ3v) is 6.30. The molecule has 0 unspecified atom stereocenters. The van der Waals surface area contributed by atoms with Gasteiger partial charge in [-0.25, -0.2) is 9.37 Å². The first-order valence-corrected chi connectivity index (χ1v) is 11.8. The van der Waals surface area contributed by atoms with Crippen molar-refractivity contribution in [3.8, 4) is 0 Å². The molecule has 3 aromatic carbocycles. The number of nitrogens with zero attached hydrogens (tertiary/aromatic N) is 2. The van der Waals surface area contributed by atoms with Gasteiger partial charge in [0.25, 0.3) is 11.5 Å². The predicted molar refractivity (Wildman–Crippen MR) is 132 cm³/mol. The SMILES string of the molecule is COCCNC(=O)c1ccc2c(=O)n(Cc3ccccc3)c(SCc3ccccc3F)nc2c1. The summed E-state index contributed by atoms with van der Waals surface area (Å²) >= 11 is 1.29. The number of carbonyl (C=O) groups is 1. The average Bonchev–Trinajstić information content (AvgIpc) is 2.86. The molecule has 0 atom stereocenters. The number of rotatable bonds is 9. The van der Waals surface area contributed by atoms with E-state index in [4.69, 9.17) is 9.72 Å². The lowest BCUT2D eigenvalue weighted by atomic mass is 10.1. The fraction of sp³-hybridized carbons (Fsp3) is 0.192. The molecule has 0 saturated heterocycles. The van der Waals surface area contributed by atoms with E-state index in [1.807, 2.05) is 30.3 Å². The predicted octanol–water partition coefficient (Wildman–Crippen LogP) is 4.25. The summed E-state index contributed by atoms with van der Waals surface area (Å²) in [5.41, 5.74) is 2.09. The maximum Gasteiger partial charge on any atom is 0.262 e. The Morgan fingerprint density at radius 1 is 1.09 bits per heavy atom. The molecule has 0 aliphatic rings. The number of fused-ring (bicyclic) bond motifs is 1. The first-order chi connectivity index (χ1) is 16.6. The van der Waals surface area contributed by atoms with E-state index in [9.17, 15) is 14.0 Å². The van der Waals surface area contributed by atoms with Gasteiger partial charge in [-0.05, 0) is 35.4 Å². The molecular weight excluding hydrogens is 453 g/mol. The minimum Gasteiger partial charge on any atom is -0.383 e. The van der Waals surface area contributed by atoms with Crippen molar-refractivity contribution in [1.82, 2.24) is 14.9 Å². The number of ether oxygens (including phenoxy) is 1. The number of carbonyl (C=O) groups excluding carboxylic acids is 1. The van der Waals surface area contributed by atoms with Crippen LogP contribution in [0, 0.1) is 5.82 Å². The Bertz CT molecular complexity index is 1360. The highest BCUT2D eigenvalue weighted by Gasteiger charge is 2.15. The molecule has 174 valence electrons. The molecule has 1 amide bonds. The van der Waals surface area contributed by atoms with Gasteiger partial charge in [0.05, 0.1) is 24.1 Å². The van der Waals surface area contributed by atoms with E-state index in [1.54, 1.807) is 48.1 Å². The fourth-order valence-corrected chi connectivity index (χ4v) is 4.47. The van der Waals surface area contributed by atoms with Crippen LogP contribution in [0.4, 0.5) is 4.39 Å². The van der Waals surface area contributed by atoms with Gasteiger partial charge in [-0.2, -0.15) is 0 Å². The molecule has 0 radical (unpaired) electrons. The molecule has 0 spiro atoms. The summed E-state index contributed by atoms with van der Waals surface area (Å²) in [5.74, 6) is -0.256. The van der Waals surface area contributed by atoms with Crippen molar-refractivity contribution >= 4 is 28.6 Å². The van der Waals surface area contributed by atoms with Gasteiger partial charge in [0.15, 0.2) is 5.16 Å². The monoisotopic (exact) mass is 477 g/mol. The summed E-state index contributed by atoms with van der Waals surface area (Å²) in [6.07, 6.45) is 0. The van der Waals surface area contributed by atoms with Crippen molar-refractivity contribution in [2.24, 2.45) is 0 Å². The second-order valence-electron chi connectivity index (χ2n) is 7.63. The largest absolute Gasteiger partial charge is 0.383 e. The summed E-state index contributed by atoms with van der Waals surface area (Å²) in [4.78, 5) is 30.6. The lowest BCUT2D eigenvalue weighted by molar-refractivity contribution is 0.0937. The smallest absolute Gasteiger partial charge is 0.262 e. The second-order valence-corrected chi connectivity index (χ2v) is 8.57. The maximum atomic E-state index is 14.2. The molecule has 1 N–H and O–H groups in total. The van der Waals surface area contributed by atoms with Crippen LogP contribution in [0.15, 0.2) is 82.7 Å². The quantitative estimate of drug-likeness (QED) is 0.222. The molecule has 0 saturated carbocycles. The number of benzene rings is 3. The van der Waals surface area contributed by atoms with Gasteiger partial charge in [-0.15, -0.1) is 0 Å². The molecule has 8 heteroatoms. The maximum absolute atomic E-state index is 14.2. The Hall–Kier alpha value is -3.49. The number of hydrogen-bond donors (Lipinski definition) is 1. The third-order valence-electron chi connectivity index (χ3n) is 5.27. The highest BCUT2D eigenvalue weighted by molar-refractivity contribution is 7.98. The number of thioether (sulfide) groups is 1. The average molecular weight is 478 g/mol. The molecule has 0 bridgehead atoms. The van der Waals surface area contributed by atoms with Crippen LogP contribution in [0.3, 0.4) is 0 Å². The Labute approximate surface area is 200 Å². The van der Waals surface area contributed by atoms with Crippen LogP contribution in [0.2, 0.25) is 0 Å². The Morgan fingerprint density at radius 2 is 1.85 bits per heavy atom. The second kappa shape index (κ2) is 11.1. The molecule has 1 aromatic heterocycles. The summed E-state index contributed by atoms with van der Waals surface area (Å²) in [6.45, 7) is 1.11. The van der Waals surface area contributed by atoms with Crippen molar-refractivity contribution in [1.29, 1.82) is 0 Å². The number of amides is 1. The van der Waals surface area contributed by atoms with Crippen molar-refractivity contribution in [2.75, 3.05) is 20.3 Å². The summed E-state index contributed by atoms with van der Waals surface area (Å²) in [6, 6.07) is 21.0. The summed E-state index contributed by atoms with van der Waals surface area (Å²) in [5, 5.41) is 3.64. The highest BCUT2D eigenvalue weighted by atomic mass is 32.2. The van der Waals surface area contributed by atoms with E-state index >= 15 is 0 Å². The van der Waals surface area contributed by atoms with Crippen LogP contribution in [0.5, 0.6) is 0 Å². The van der Waals surface area contributed by atoms with Gasteiger partial charge in [0, 0.05) is 25.0 Å². The summed E-state index contributed by atoms with van der Waals surface area (Å²) in [7, 11) is 1.56. The fourth-order valence-electron chi connectivity index (χ4n) is 3.48. The zero-order valence-electron chi connectivity index (χ0n) is 18.7. The number of nitrogens with one attached hydrogen (secondary N) is 1. The van der Waals surface area contributed by atoms with Crippen LogP contribution in [0.25, 0.3) is 10.9 Å². The molecule has 0 aliphatic heterocycles. The van der Waals surface area contributed by atoms with Crippen LogP contribution in [-0.4, -0.2) is 35.7 Å². The lowest BCUT2D eigenvalue weighted by Crippen LogP contribution is -2.27. The number of halogens is 1. The molecule has 0 fully saturated rings. The van der Waals surface area contributed by atoms with Gasteiger partial charge < -0.3 is 10.1 Å². The summed E-state index contributed by atoms with van der Waals surface area (Å²) < 4.78 is 20.7. The Kier molecular flexibility index (Phi) is 7.72. The Balaban J connectivity index is 1.73. The van der Waals surface area contributed by atoms with Crippen LogP contribution < -0.4 is 10.9 Å². The van der Waals surface area contributed by atoms with Crippen molar-refractivity contribution < 1.29 is 13.9 Å². The molecule has 1 heterocycles. The third kappa shape index (κ3) is 5.52. The van der Waals surface area contributed by atoms with Crippen LogP contribution in [0.1, 0.15) is 21.5 Å². The van der Waals surface area contributed by atoms with E-state index < -0.39 is 0 Å². The van der Waals surface area contributed by atoms with Gasteiger partial charge in [-0.1, -0.05) is 60.3 Å².